The molecule has 3 aromatic rings. The van der Waals surface area contributed by atoms with Gasteiger partial charge < -0.3 is 31.1 Å². The first-order valence-corrected chi connectivity index (χ1v) is 17.9. The SMILES string of the molecule is CC(C)(C)OC(=O)N[C@@H](Cc1ccc(O)cc1)C(=O)N1CC[C@H](S(=O)(=O)N[C@@H](Cc2ccccc2)C(=O)N[C@@H](Cc2ccccc2)C(N)=O)C1. The van der Waals surface area contributed by atoms with E-state index >= 15 is 0 Å². The van der Waals surface area contributed by atoms with Crippen LogP contribution in [0.25, 0.3) is 0 Å². The first-order chi connectivity index (χ1) is 23.6. The number of primary amides is 1. The maximum atomic E-state index is 13.8. The molecule has 1 aliphatic rings. The summed E-state index contributed by atoms with van der Waals surface area (Å²) in [5.41, 5.74) is 6.89. The Hall–Kier alpha value is -4.95. The number of hydrogen-bond donors (Lipinski definition) is 5. The topological polar surface area (TPSA) is 197 Å². The second kappa shape index (κ2) is 16.6. The van der Waals surface area contributed by atoms with Crippen LogP contribution in [0.1, 0.15) is 43.9 Å². The summed E-state index contributed by atoms with van der Waals surface area (Å²) < 4.78 is 35.5. The van der Waals surface area contributed by atoms with Crippen LogP contribution in [0.3, 0.4) is 0 Å². The summed E-state index contributed by atoms with van der Waals surface area (Å²) >= 11 is 0. The molecule has 1 heterocycles. The average molecular weight is 708 g/mol. The lowest BCUT2D eigenvalue weighted by atomic mass is 10.0. The minimum absolute atomic E-state index is 0.00734. The van der Waals surface area contributed by atoms with E-state index in [1.54, 1.807) is 87.5 Å². The van der Waals surface area contributed by atoms with Crippen LogP contribution in [0, 0.1) is 0 Å². The van der Waals surface area contributed by atoms with Gasteiger partial charge in [0.05, 0.1) is 5.25 Å². The first kappa shape index (κ1) is 37.9. The highest BCUT2D eigenvalue weighted by Gasteiger charge is 2.40. The predicted octanol–water partition coefficient (Wildman–Crippen LogP) is 2.17. The van der Waals surface area contributed by atoms with Gasteiger partial charge in [-0.25, -0.2) is 17.9 Å². The number of nitrogens with zero attached hydrogens (tertiary/aromatic N) is 1. The molecular formula is C36H45N5O8S. The van der Waals surface area contributed by atoms with Gasteiger partial charge in [0, 0.05) is 25.9 Å². The van der Waals surface area contributed by atoms with Crippen LogP contribution in [0.4, 0.5) is 4.79 Å². The van der Waals surface area contributed by atoms with E-state index in [-0.39, 0.29) is 44.5 Å². The van der Waals surface area contributed by atoms with E-state index in [4.69, 9.17) is 10.5 Å². The molecule has 0 aliphatic carbocycles. The molecule has 4 rings (SSSR count). The van der Waals surface area contributed by atoms with E-state index in [2.05, 4.69) is 15.4 Å². The lowest BCUT2D eigenvalue weighted by molar-refractivity contribution is -0.132. The van der Waals surface area contributed by atoms with Crippen molar-refractivity contribution in [3.8, 4) is 5.75 Å². The predicted molar refractivity (Wildman–Crippen MR) is 187 cm³/mol. The molecule has 6 N–H and O–H groups in total. The minimum atomic E-state index is -4.20. The molecule has 1 fully saturated rings. The Balaban J connectivity index is 1.50. The first-order valence-electron chi connectivity index (χ1n) is 16.3. The fourth-order valence-corrected chi connectivity index (χ4v) is 7.17. The van der Waals surface area contributed by atoms with Gasteiger partial charge in [0.1, 0.15) is 29.5 Å². The van der Waals surface area contributed by atoms with Crippen molar-refractivity contribution in [2.24, 2.45) is 5.73 Å². The Morgan fingerprint density at radius 3 is 1.88 bits per heavy atom. The van der Waals surface area contributed by atoms with Gasteiger partial charge in [-0.05, 0) is 62.4 Å². The number of likely N-dealkylation sites (tertiary alicyclic amines) is 1. The van der Waals surface area contributed by atoms with Crippen molar-refractivity contribution in [3.05, 3.63) is 102 Å². The fourth-order valence-electron chi connectivity index (χ4n) is 5.60. The summed E-state index contributed by atoms with van der Waals surface area (Å²) in [7, 11) is -4.20. The summed E-state index contributed by atoms with van der Waals surface area (Å²) in [6, 6.07) is 20.5. The van der Waals surface area contributed by atoms with Crippen molar-refractivity contribution in [1.29, 1.82) is 0 Å². The van der Waals surface area contributed by atoms with Gasteiger partial charge in [-0.1, -0.05) is 72.8 Å². The zero-order valence-electron chi connectivity index (χ0n) is 28.4. The molecule has 1 aliphatic heterocycles. The van der Waals surface area contributed by atoms with Crippen molar-refractivity contribution in [1.82, 2.24) is 20.3 Å². The molecule has 0 aromatic heterocycles. The number of amides is 4. The van der Waals surface area contributed by atoms with Gasteiger partial charge >= 0.3 is 6.09 Å². The number of ether oxygens (including phenoxy) is 1. The number of rotatable bonds is 14. The number of phenols is 1. The summed E-state index contributed by atoms with van der Waals surface area (Å²) in [5, 5.41) is 13.9. The van der Waals surface area contributed by atoms with Crippen molar-refractivity contribution < 1.29 is 37.4 Å². The molecule has 4 amide bonds. The van der Waals surface area contributed by atoms with Crippen molar-refractivity contribution in [3.63, 3.8) is 0 Å². The Bertz CT molecular complexity index is 1730. The molecular weight excluding hydrogens is 662 g/mol. The molecule has 50 heavy (non-hydrogen) atoms. The smallest absolute Gasteiger partial charge is 0.408 e. The van der Waals surface area contributed by atoms with Crippen molar-refractivity contribution in [2.45, 2.75) is 75.4 Å². The molecule has 0 spiro atoms. The maximum Gasteiger partial charge on any atom is 0.408 e. The number of alkyl carbamates (subject to hydrolysis) is 1. The van der Waals surface area contributed by atoms with Gasteiger partial charge in [0.2, 0.25) is 27.7 Å². The maximum absolute atomic E-state index is 13.8. The Morgan fingerprint density at radius 1 is 0.820 bits per heavy atom. The van der Waals surface area contributed by atoms with Gasteiger partial charge in [0.25, 0.3) is 0 Å². The molecule has 0 bridgehead atoms. The van der Waals surface area contributed by atoms with Crippen LogP contribution in [0.5, 0.6) is 5.75 Å². The molecule has 1 saturated heterocycles. The van der Waals surface area contributed by atoms with E-state index in [0.29, 0.717) is 11.1 Å². The lowest BCUT2D eigenvalue weighted by Crippen LogP contribution is -2.55. The van der Waals surface area contributed by atoms with Crippen LogP contribution in [0.2, 0.25) is 0 Å². The van der Waals surface area contributed by atoms with E-state index < -0.39 is 62.8 Å². The monoisotopic (exact) mass is 707 g/mol. The van der Waals surface area contributed by atoms with Crippen LogP contribution in [-0.2, 0) is 48.4 Å². The zero-order chi connectivity index (χ0) is 36.5. The number of nitrogens with two attached hydrogens (primary N) is 1. The van der Waals surface area contributed by atoms with Crippen LogP contribution in [0.15, 0.2) is 84.9 Å². The number of sulfonamides is 1. The van der Waals surface area contributed by atoms with Gasteiger partial charge in [-0.15, -0.1) is 0 Å². The highest BCUT2D eigenvalue weighted by molar-refractivity contribution is 7.90. The van der Waals surface area contributed by atoms with Crippen molar-refractivity contribution in [2.75, 3.05) is 13.1 Å². The van der Waals surface area contributed by atoms with E-state index in [1.165, 1.54) is 17.0 Å². The van der Waals surface area contributed by atoms with Crippen LogP contribution in [-0.4, -0.2) is 84.3 Å². The number of aromatic hydroxyl groups is 1. The van der Waals surface area contributed by atoms with E-state index in [9.17, 15) is 32.7 Å². The quantitative estimate of drug-likeness (QED) is 0.168. The highest BCUT2D eigenvalue weighted by atomic mass is 32.2. The molecule has 14 heteroatoms. The summed E-state index contributed by atoms with van der Waals surface area (Å²) in [5.74, 6) is -1.96. The second-order valence-electron chi connectivity index (χ2n) is 13.3. The minimum Gasteiger partial charge on any atom is -0.508 e. The summed E-state index contributed by atoms with van der Waals surface area (Å²) in [4.78, 5) is 53.8. The molecule has 268 valence electrons. The normalized spacial score (nSPS) is 16.5. The summed E-state index contributed by atoms with van der Waals surface area (Å²) in [6.07, 6.45) is -0.553. The number of carbonyl (C=O) groups excluding carboxylic acids is 4. The third-order valence-corrected chi connectivity index (χ3v) is 9.98. The Kier molecular flexibility index (Phi) is 12.6. The number of hydrogen-bond acceptors (Lipinski definition) is 8. The molecule has 0 radical (unpaired) electrons. The third kappa shape index (κ3) is 11.3. The van der Waals surface area contributed by atoms with E-state index in [0.717, 1.165) is 5.56 Å². The zero-order valence-corrected chi connectivity index (χ0v) is 29.2. The van der Waals surface area contributed by atoms with Gasteiger partial charge in [-0.2, -0.15) is 0 Å². The molecule has 3 aromatic carbocycles. The molecule has 0 saturated carbocycles. The third-order valence-electron chi connectivity index (χ3n) is 8.11. The molecule has 13 nitrogen and oxygen atoms in total. The largest absolute Gasteiger partial charge is 0.508 e. The van der Waals surface area contributed by atoms with Crippen molar-refractivity contribution >= 4 is 33.8 Å². The number of nitrogens with one attached hydrogen (secondary N) is 3. The molecule has 0 unspecified atom stereocenters. The van der Waals surface area contributed by atoms with Crippen LogP contribution < -0.4 is 21.1 Å². The number of benzene rings is 3. The number of carbonyl (C=O) groups is 4. The van der Waals surface area contributed by atoms with Gasteiger partial charge in [0.15, 0.2) is 0 Å². The second-order valence-corrected chi connectivity index (χ2v) is 15.3. The fraction of sp³-hybridized carbons (Fsp3) is 0.389. The van der Waals surface area contributed by atoms with Crippen LogP contribution >= 0.6 is 0 Å². The Labute approximate surface area is 292 Å². The Morgan fingerprint density at radius 2 is 1.34 bits per heavy atom. The lowest BCUT2D eigenvalue weighted by Gasteiger charge is -2.27. The average Bonchev–Trinajstić information content (AvgIpc) is 3.56. The highest BCUT2D eigenvalue weighted by Crippen LogP contribution is 2.21. The van der Waals surface area contributed by atoms with E-state index in [1.807, 2.05) is 6.07 Å². The molecule has 4 atom stereocenters. The summed E-state index contributed by atoms with van der Waals surface area (Å²) in [6.45, 7) is 4.97. The van der Waals surface area contributed by atoms with Gasteiger partial charge in [-0.3, -0.25) is 14.4 Å². The number of phenolic OH excluding ortho intramolecular Hbond substituents is 1. The standard InChI is InChI=1S/C36H45N5O8S/c1-36(2,3)49-35(46)39-31(22-26-14-16-27(42)17-15-26)34(45)41-19-18-28(23-41)50(47,48)40-30(21-25-12-8-5-9-13-25)33(44)38-29(32(37)43)20-24-10-6-4-7-11-24/h4-17,28-31,40,42H,18-23H2,1-3H3,(H2,37,43)(H,38,44)(H,39,46)/t28-,29-,30-,31-/m0/s1.